The van der Waals surface area contributed by atoms with Gasteiger partial charge in [-0.2, -0.15) is 0 Å². The molecule has 0 aliphatic carbocycles. The van der Waals surface area contributed by atoms with Crippen molar-refractivity contribution in [2.75, 3.05) is 0 Å². The van der Waals surface area contributed by atoms with E-state index in [1.807, 2.05) is 0 Å². The van der Waals surface area contributed by atoms with Gasteiger partial charge in [0.25, 0.3) is 0 Å². The van der Waals surface area contributed by atoms with E-state index >= 15 is 0 Å². The van der Waals surface area contributed by atoms with E-state index in [-0.39, 0.29) is 123 Å². The summed E-state index contributed by atoms with van der Waals surface area (Å²) >= 11 is 0. The zero-order chi connectivity index (χ0) is 0. The van der Waals surface area contributed by atoms with Gasteiger partial charge in [-0.25, -0.2) is 0 Å². The van der Waals surface area contributed by atoms with Gasteiger partial charge in [-0.05, 0) is 0 Å². The van der Waals surface area contributed by atoms with Crippen molar-refractivity contribution in [1.82, 2.24) is 0 Å². The molecule has 0 aliphatic rings. The van der Waals surface area contributed by atoms with Crippen LogP contribution in [0.3, 0.4) is 0 Å². The molecule has 0 atom stereocenters. The summed E-state index contributed by atoms with van der Waals surface area (Å²) in [5.41, 5.74) is 0. The van der Waals surface area contributed by atoms with Crippen molar-refractivity contribution in [3.8, 4) is 0 Å². The molecular formula is H4BaCaHfO2. The van der Waals surface area contributed by atoms with E-state index in [1.54, 1.807) is 0 Å². The predicted molar refractivity (Wildman–Crippen MR) is 18.5 cm³/mol. The molecule has 0 aromatic carbocycles. The minimum Gasteiger partial charge on any atom is -2.00 e. The molecule has 0 N–H and O–H groups in total. The first-order valence-corrected chi connectivity index (χ1v) is 0. The Kier molecular flexibility index (Phi) is 195. The maximum atomic E-state index is 0. The average molecular weight is 392 g/mol. The van der Waals surface area contributed by atoms with E-state index in [0.29, 0.717) is 0 Å². The topological polar surface area (TPSA) is 57.0 Å². The normalized spacial score (nSPS) is 0. The zero-order valence-electron chi connectivity index (χ0n) is 1.32. The van der Waals surface area contributed by atoms with Crippen LogP contribution in [0.2, 0.25) is 0 Å². The molecule has 0 fully saturated rings. The predicted octanol–water partition coefficient (Wildman–Crippen LogP) is -2.07. The van der Waals surface area contributed by atoms with Crippen LogP contribution in [0.15, 0.2) is 0 Å². The van der Waals surface area contributed by atoms with Crippen molar-refractivity contribution in [2.45, 2.75) is 0 Å². The molecular weight excluding hydrogens is 388 g/mol. The van der Waals surface area contributed by atoms with Crippen LogP contribution < -0.4 is 0 Å². The Morgan fingerprint density at radius 3 is 0.800 bits per heavy atom. The molecule has 2 nitrogen and oxygen atoms in total. The minimum atomic E-state index is 0. The van der Waals surface area contributed by atoms with Gasteiger partial charge in [0.1, 0.15) is 0 Å². The Labute approximate surface area is 120 Å². The van der Waals surface area contributed by atoms with Crippen molar-refractivity contribution >= 4 is 86.6 Å². The fourth-order valence-electron chi connectivity index (χ4n) is 0. The second-order valence-corrected chi connectivity index (χ2v) is 0. The van der Waals surface area contributed by atoms with Gasteiger partial charge in [-0.3, -0.25) is 0 Å². The second-order valence-electron chi connectivity index (χ2n) is 0. The van der Waals surface area contributed by atoms with E-state index in [1.165, 1.54) is 0 Å². The van der Waals surface area contributed by atoms with Crippen molar-refractivity contribution in [3.05, 3.63) is 0 Å². The Morgan fingerprint density at radius 2 is 0.800 bits per heavy atom. The molecule has 24 valence electrons. The molecule has 0 heterocycles. The summed E-state index contributed by atoms with van der Waals surface area (Å²) in [7, 11) is 0. The van der Waals surface area contributed by atoms with Gasteiger partial charge in [0, 0.05) is 0 Å². The number of hydrogen-bond donors (Lipinski definition) is 0. The van der Waals surface area contributed by atoms with Crippen LogP contribution in [-0.2, 0) is 36.8 Å². The molecule has 0 aromatic heterocycles. The second kappa shape index (κ2) is 25.5. The van der Waals surface area contributed by atoms with Gasteiger partial charge in [-0.1, -0.05) is 0 Å². The molecule has 5 heteroatoms. The van der Waals surface area contributed by atoms with Crippen LogP contribution >= 0.6 is 0 Å². The van der Waals surface area contributed by atoms with E-state index in [0.717, 1.165) is 0 Å². The van der Waals surface area contributed by atoms with Crippen molar-refractivity contribution in [2.24, 2.45) is 0 Å². The van der Waals surface area contributed by atoms with E-state index < -0.39 is 0 Å². The van der Waals surface area contributed by atoms with Crippen LogP contribution in [0, 0.1) is 0 Å². The molecule has 0 spiro atoms. The third kappa shape index (κ3) is 18.4. The Bertz CT molecular complexity index is 9.61. The monoisotopic (exact) mass is 394 g/mol. The van der Waals surface area contributed by atoms with Crippen LogP contribution in [0.4, 0.5) is 0 Å². The van der Waals surface area contributed by atoms with Crippen molar-refractivity contribution in [3.63, 3.8) is 0 Å². The molecule has 5 heavy (non-hydrogen) atoms. The van der Waals surface area contributed by atoms with Gasteiger partial charge in [-0.15, -0.1) is 0 Å². The first-order valence-electron chi connectivity index (χ1n) is 0. The smallest absolute Gasteiger partial charge is 2.00 e. The average Bonchev–Trinajstić information content (AvgIpc) is 0. The Balaban J connectivity index is 0. The van der Waals surface area contributed by atoms with Crippen LogP contribution in [-0.4, -0.2) is 86.6 Å². The van der Waals surface area contributed by atoms with Crippen molar-refractivity contribution in [1.29, 1.82) is 0 Å². The van der Waals surface area contributed by atoms with Gasteiger partial charge in [0.2, 0.25) is 0 Å². The third-order valence-electron chi connectivity index (χ3n) is 0. The van der Waals surface area contributed by atoms with Crippen LogP contribution in [0.25, 0.3) is 0 Å². The summed E-state index contributed by atoms with van der Waals surface area (Å²) in [6.45, 7) is 0. The van der Waals surface area contributed by atoms with Gasteiger partial charge in [0.15, 0.2) is 0 Å². The molecule has 0 saturated carbocycles. The first kappa shape index (κ1) is 38.2. The maximum absolute atomic E-state index is 0. The molecule has 0 bridgehead atoms. The summed E-state index contributed by atoms with van der Waals surface area (Å²) in [6.07, 6.45) is 0. The quantitative estimate of drug-likeness (QED) is 0.426. The zero-order valence-corrected chi connectivity index (χ0v) is 4.91. The Morgan fingerprint density at radius 1 is 0.800 bits per heavy atom. The first-order chi connectivity index (χ1) is 0. The SMILES string of the molecule is [BaH2].[CaH2].[Hf+4].[O-2].[O-2]. The van der Waals surface area contributed by atoms with Crippen LogP contribution in [0.5, 0.6) is 0 Å². The molecule has 0 aromatic rings. The molecule has 0 radical (unpaired) electrons. The van der Waals surface area contributed by atoms with E-state index in [2.05, 4.69) is 0 Å². The summed E-state index contributed by atoms with van der Waals surface area (Å²) in [5, 5.41) is 0. The van der Waals surface area contributed by atoms with Gasteiger partial charge >= 0.3 is 112 Å². The summed E-state index contributed by atoms with van der Waals surface area (Å²) < 4.78 is 0. The van der Waals surface area contributed by atoms with Gasteiger partial charge < -0.3 is 11.0 Å². The molecule has 0 unspecified atom stereocenters. The van der Waals surface area contributed by atoms with E-state index in [9.17, 15) is 0 Å². The molecule has 0 rings (SSSR count). The molecule has 0 aliphatic heterocycles. The van der Waals surface area contributed by atoms with Crippen LogP contribution in [0.1, 0.15) is 0 Å². The fourth-order valence-corrected chi connectivity index (χ4v) is 0. The summed E-state index contributed by atoms with van der Waals surface area (Å²) in [5.74, 6) is 0. The number of rotatable bonds is 0. The number of hydrogen-bond acceptors (Lipinski definition) is 0. The maximum Gasteiger partial charge on any atom is 4.00 e. The fraction of sp³-hybridized carbons (Fsp3) is 0. The summed E-state index contributed by atoms with van der Waals surface area (Å²) in [4.78, 5) is 0. The largest absolute Gasteiger partial charge is 4.00 e. The van der Waals surface area contributed by atoms with Gasteiger partial charge in [0.05, 0.1) is 0 Å². The standard InChI is InChI=1S/Ba.Ca.Hf.2O.4H/q;;+4;2*-2;;;;. The summed E-state index contributed by atoms with van der Waals surface area (Å²) in [6, 6.07) is 0. The molecule has 0 saturated heterocycles. The van der Waals surface area contributed by atoms with E-state index in [4.69, 9.17) is 0 Å². The Hall–Kier alpha value is 3.62. The third-order valence-corrected chi connectivity index (χ3v) is 0. The molecule has 0 amide bonds. The van der Waals surface area contributed by atoms with Crippen molar-refractivity contribution < 1.29 is 36.8 Å². The minimum absolute atomic E-state index is 0.